The highest BCUT2D eigenvalue weighted by atomic mass is 32.2. The standard InChI is InChI=1S/C19H28F3N5O2S/c1-2-23-18(25-16-8-10-26(13-16)14-19(20,21)22)24-9-12-30(28,29)27-11-7-15-5-3-4-6-17(15)27/h3-6,16H,2,7-14H2,1H3,(H2,23,24,25). The third-order valence-corrected chi connectivity index (χ3v) is 6.91. The van der Waals surface area contributed by atoms with Crippen molar-refractivity contribution in [3.63, 3.8) is 0 Å². The minimum Gasteiger partial charge on any atom is -0.357 e. The van der Waals surface area contributed by atoms with E-state index in [-0.39, 0.29) is 24.9 Å². The van der Waals surface area contributed by atoms with Gasteiger partial charge in [-0.2, -0.15) is 13.2 Å². The van der Waals surface area contributed by atoms with Crippen LogP contribution in [0.2, 0.25) is 0 Å². The van der Waals surface area contributed by atoms with Gasteiger partial charge in [-0.1, -0.05) is 18.2 Å². The minimum atomic E-state index is -4.21. The summed E-state index contributed by atoms with van der Waals surface area (Å²) in [5, 5.41) is 6.16. The molecule has 1 saturated heterocycles. The number of anilines is 1. The van der Waals surface area contributed by atoms with Gasteiger partial charge in [-0.05, 0) is 31.4 Å². The smallest absolute Gasteiger partial charge is 0.357 e. The van der Waals surface area contributed by atoms with E-state index in [1.807, 2.05) is 31.2 Å². The zero-order chi connectivity index (χ0) is 21.8. The van der Waals surface area contributed by atoms with Gasteiger partial charge >= 0.3 is 6.18 Å². The fourth-order valence-corrected chi connectivity index (χ4v) is 5.23. The molecule has 0 aliphatic carbocycles. The average Bonchev–Trinajstić information content (AvgIpc) is 3.27. The maximum absolute atomic E-state index is 12.8. The molecule has 11 heteroatoms. The van der Waals surface area contributed by atoms with Gasteiger partial charge in [0.25, 0.3) is 0 Å². The van der Waals surface area contributed by atoms with E-state index in [0.717, 1.165) is 11.3 Å². The minimum absolute atomic E-state index is 0.0648. The van der Waals surface area contributed by atoms with E-state index < -0.39 is 22.7 Å². The quantitative estimate of drug-likeness (QED) is 0.490. The number of nitrogens with one attached hydrogen (secondary N) is 2. The lowest BCUT2D eigenvalue weighted by Crippen LogP contribution is -2.45. The second kappa shape index (κ2) is 9.42. The molecule has 0 amide bonds. The second-order valence-corrected chi connectivity index (χ2v) is 9.52. The van der Waals surface area contributed by atoms with Crippen LogP contribution < -0.4 is 14.9 Å². The van der Waals surface area contributed by atoms with Crippen molar-refractivity contribution < 1.29 is 21.6 Å². The number of nitrogens with zero attached hydrogens (tertiary/aromatic N) is 3. The molecule has 0 bridgehead atoms. The maximum atomic E-state index is 12.8. The van der Waals surface area contributed by atoms with Crippen LogP contribution in [-0.4, -0.2) is 76.5 Å². The van der Waals surface area contributed by atoms with Gasteiger partial charge in [-0.25, -0.2) is 8.42 Å². The number of hydrogen-bond acceptors (Lipinski definition) is 4. The van der Waals surface area contributed by atoms with Crippen LogP contribution >= 0.6 is 0 Å². The summed E-state index contributed by atoms with van der Waals surface area (Å²) in [4.78, 5) is 5.69. The van der Waals surface area contributed by atoms with Crippen molar-refractivity contribution in [2.24, 2.45) is 4.99 Å². The van der Waals surface area contributed by atoms with Crippen molar-refractivity contribution in [1.29, 1.82) is 0 Å². The van der Waals surface area contributed by atoms with Gasteiger partial charge in [0.1, 0.15) is 0 Å². The first-order valence-electron chi connectivity index (χ1n) is 10.1. The molecule has 1 fully saturated rings. The molecule has 0 radical (unpaired) electrons. The lowest BCUT2D eigenvalue weighted by Gasteiger charge is -2.20. The molecule has 2 aliphatic rings. The maximum Gasteiger partial charge on any atom is 0.401 e. The SMILES string of the molecule is CCNC(=NCCS(=O)(=O)N1CCc2ccccc21)NC1CCN(CC(F)(F)F)C1. The zero-order valence-electron chi connectivity index (χ0n) is 17.0. The Morgan fingerprint density at radius 1 is 1.27 bits per heavy atom. The Bertz CT molecular complexity index is 860. The van der Waals surface area contributed by atoms with Crippen LogP contribution in [0.15, 0.2) is 29.3 Å². The highest BCUT2D eigenvalue weighted by Gasteiger charge is 2.34. The topological polar surface area (TPSA) is 77.0 Å². The van der Waals surface area contributed by atoms with E-state index in [1.54, 1.807) is 0 Å². The number of halogens is 3. The lowest BCUT2D eigenvalue weighted by atomic mass is 10.2. The summed E-state index contributed by atoms with van der Waals surface area (Å²) >= 11 is 0. The number of rotatable bonds is 7. The van der Waals surface area contributed by atoms with E-state index in [2.05, 4.69) is 15.6 Å². The van der Waals surface area contributed by atoms with Crippen molar-refractivity contribution >= 4 is 21.7 Å². The normalized spacial score (nSPS) is 20.5. The molecule has 1 atom stereocenters. The van der Waals surface area contributed by atoms with Crippen molar-refractivity contribution in [2.45, 2.75) is 32.0 Å². The molecular formula is C19H28F3N5O2S. The van der Waals surface area contributed by atoms with Gasteiger partial charge in [0.05, 0.1) is 24.5 Å². The summed E-state index contributed by atoms with van der Waals surface area (Å²) in [5.41, 5.74) is 1.74. The predicted octanol–water partition coefficient (Wildman–Crippen LogP) is 1.57. The van der Waals surface area contributed by atoms with E-state index >= 15 is 0 Å². The largest absolute Gasteiger partial charge is 0.401 e. The lowest BCUT2D eigenvalue weighted by molar-refractivity contribution is -0.143. The molecule has 1 aromatic carbocycles. The Morgan fingerprint density at radius 2 is 2.03 bits per heavy atom. The fourth-order valence-electron chi connectivity index (χ4n) is 3.84. The Hall–Kier alpha value is -2.01. The summed E-state index contributed by atoms with van der Waals surface area (Å²) in [6.07, 6.45) is -2.95. The molecule has 3 rings (SSSR count). The van der Waals surface area contributed by atoms with Crippen molar-refractivity contribution in [2.75, 3.05) is 49.3 Å². The number of likely N-dealkylation sites (tertiary alicyclic amines) is 1. The number of hydrogen-bond donors (Lipinski definition) is 2. The van der Waals surface area contributed by atoms with Gasteiger partial charge in [0.15, 0.2) is 5.96 Å². The highest BCUT2D eigenvalue weighted by Crippen LogP contribution is 2.29. The molecular weight excluding hydrogens is 419 g/mol. The number of alkyl halides is 3. The van der Waals surface area contributed by atoms with Crippen LogP contribution in [0.25, 0.3) is 0 Å². The predicted molar refractivity (Wildman–Crippen MR) is 111 cm³/mol. The average molecular weight is 448 g/mol. The Kier molecular flexibility index (Phi) is 7.12. The third-order valence-electron chi connectivity index (χ3n) is 5.16. The van der Waals surface area contributed by atoms with Crippen LogP contribution in [-0.2, 0) is 16.4 Å². The molecule has 0 spiro atoms. The van der Waals surface area contributed by atoms with Gasteiger partial charge in [-0.15, -0.1) is 0 Å². The van der Waals surface area contributed by atoms with Gasteiger partial charge < -0.3 is 10.6 Å². The van der Waals surface area contributed by atoms with E-state index in [1.165, 1.54) is 9.21 Å². The first kappa shape index (κ1) is 22.7. The van der Waals surface area contributed by atoms with Crippen LogP contribution in [0, 0.1) is 0 Å². The van der Waals surface area contributed by atoms with Gasteiger partial charge in [0.2, 0.25) is 10.0 Å². The number of sulfonamides is 1. The van der Waals surface area contributed by atoms with E-state index in [9.17, 15) is 21.6 Å². The number of aliphatic imine (C=N–C) groups is 1. The number of guanidine groups is 1. The van der Waals surface area contributed by atoms with E-state index in [0.29, 0.717) is 38.4 Å². The third kappa shape index (κ3) is 6.00. The molecule has 2 aliphatic heterocycles. The van der Waals surface area contributed by atoms with Crippen molar-refractivity contribution in [3.05, 3.63) is 29.8 Å². The summed E-state index contributed by atoms with van der Waals surface area (Å²) < 4.78 is 64.6. The monoisotopic (exact) mass is 447 g/mol. The summed E-state index contributed by atoms with van der Waals surface area (Å²) in [5.74, 6) is 0.288. The number of fused-ring (bicyclic) bond motifs is 1. The molecule has 7 nitrogen and oxygen atoms in total. The molecule has 0 aromatic heterocycles. The first-order chi connectivity index (χ1) is 14.2. The van der Waals surface area contributed by atoms with Crippen LogP contribution in [0.1, 0.15) is 18.9 Å². The van der Waals surface area contributed by atoms with Crippen LogP contribution in [0.4, 0.5) is 18.9 Å². The van der Waals surface area contributed by atoms with E-state index in [4.69, 9.17) is 0 Å². The molecule has 0 saturated carbocycles. The van der Waals surface area contributed by atoms with Gasteiger partial charge in [0, 0.05) is 32.2 Å². The Balaban J connectivity index is 1.55. The highest BCUT2D eigenvalue weighted by molar-refractivity contribution is 7.92. The van der Waals surface area contributed by atoms with Crippen molar-refractivity contribution in [1.82, 2.24) is 15.5 Å². The van der Waals surface area contributed by atoms with Crippen LogP contribution in [0.3, 0.4) is 0 Å². The summed E-state index contributed by atoms with van der Waals surface area (Å²) in [6.45, 7) is 2.65. The fraction of sp³-hybridized carbons (Fsp3) is 0.632. The summed E-state index contributed by atoms with van der Waals surface area (Å²) in [6, 6.07) is 7.29. The molecule has 2 N–H and O–H groups in total. The molecule has 1 aromatic rings. The van der Waals surface area contributed by atoms with Gasteiger partial charge in [-0.3, -0.25) is 14.2 Å². The molecule has 168 valence electrons. The Labute approximate surface area is 175 Å². The summed E-state index contributed by atoms with van der Waals surface area (Å²) in [7, 11) is -3.50. The van der Waals surface area contributed by atoms with Crippen LogP contribution in [0.5, 0.6) is 0 Å². The Morgan fingerprint density at radius 3 is 2.77 bits per heavy atom. The second-order valence-electron chi connectivity index (χ2n) is 7.51. The number of benzene rings is 1. The molecule has 30 heavy (non-hydrogen) atoms. The first-order valence-corrected chi connectivity index (χ1v) is 11.7. The molecule has 2 heterocycles. The molecule has 1 unspecified atom stereocenters. The zero-order valence-corrected chi connectivity index (χ0v) is 17.8. The number of para-hydroxylation sites is 1. The van der Waals surface area contributed by atoms with Crippen molar-refractivity contribution in [3.8, 4) is 0 Å².